The molecule has 6 heteroatoms. The predicted molar refractivity (Wildman–Crippen MR) is 106 cm³/mol. The molecule has 1 fully saturated rings. The lowest BCUT2D eigenvalue weighted by Gasteiger charge is -2.11. The van der Waals surface area contributed by atoms with Gasteiger partial charge in [0, 0.05) is 35.1 Å². The number of aromatic nitrogens is 3. The van der Waals surface area contributed by atoms with E-state index in [2.05, 4.69) is 45.1 Å². The predicted octanol–water partition coefficient (Wildman–Crippen LogP) is 4.39. The van der Waals surface area contributed by atoms with Crippen LogP contribution >= 0.6 is 0 Å². The summed E-state index contributed by atoms with van der Waals surface area (Å²) < 4.78 is 7.70. The molecule has 0 unspecified atom stereocenters. The molecule has 0 bridgehead atoms. The molecule has 27 heavy (non-hydrogen) atoms. The third-order valence-electron chi connectivity index (χ3n) is 5.42. The number of rotatable bonds is 5. The summed E-state index contributed by atoms with van der Waals surface area (Å²) in [4.78, 5) is 8.69. The van der Waals surface area contributed by atoms with Gasteiger partial charge in [-0.15, -0.1) is 0 Å². The van der Waals surface area contributed by atoms with Crippen molar-refractivity contribution in [3.63, 3.8) is 0 Å². The summed E-state index contributed by atoms with van der Waals surface area (Å²) in [5.74, 6) is 1.40. The first-order valence-electron chi connectivity index (χ1n) is 9.13. The third-order valence-corrected chi connectivity index (χ3v) is 5.42. The van der Waals surface area contributed by atoms with Gasteiger partial charge < -0.3 is 20.0 Å². The minimum atomic E-state index is 0.155. The van der Waals surface area contributed by atoms with E-state index in [9.17, 15) is 0 Å². The summed E-state index contributed by atoms with van der Waals surface area (Å²) in [6.07, 6.45) is 7.74. The number of benzene rings is 1. The van der Waals surface area contributed by atoms with Gasteiger partial charge in [0.2, 0.25) is 0 Å². The lowest BCUT2D eigenvalue weighted by Crippen LogP contribution is -2.11. The van der Waals surface area contributed by atoms with E-state index in [1.807, 2.05) is 24.3 Å². The molecule has 0 saturated heterocycles. The Morgan fingerprint density at radius 1 is 1.19 bits per heavy atom. The molecular formula is C21H21N5O. The SMILES string of the molecule is CC1(n2cc(CNc3ccc(-c4ccco4)cc3)c3c(N)ncnc32)CC1. The van der Waals surface area contributed by atoms with Gasteiger partial charge in [-0.25, -0.2) is 9.97 Å². The van der Waals surface area contributed by atoms with Crippen LogP contribution in [0.1, 0.15) is 25.3 Å². The highest BCUT2D eigenvalue weighted by Gasteiger charge is 2.40. The van der Waals surface area contributed by atoms with Gasteiger partial charge in [-0.05, 0) is 56.2 Å². The zero-order valence-electron chi connectivity index (χ0n) is 15.1. The van der Waals surface area contributed by atoms with E-state index in [1.54, 1.807) is 12.6 Å². The maximum Gasteiger partial charge on any atom is 0.146 e. The van der Waals surface area contributed by atoms with Crippen LogP contribution in [0.25, 0.3) is 22.4 Å². The van der Waals surface area contributed by atoms with Crippen LogP contribution < -0.4 is 11.1 Å². The molecule has 3 heterocycles. The molecule has 1 aliphatic rings. The van der Waals surface area contributed by atoms with E-state index in [0.29, 0.717) is 12.4 Å². The van der Waals surface area contributed by atoms with Crippen LogP contribution in [0, 0.1) is 0 Å². The molecule has 6 nitrogen and oxygen atoms in total. The number of anilines is 2. The summed E-state index contributed by atoms with van der Waals surface area (Å²) in [5.41, 5.74) is 10.5. The van der Waals surface area contributed by atoms with Gasteiger partial charge >= 0.3 is 0 Å². The zero-order valence-corrected chi connectivity index (χ0v) is 15.1. The molecule has 0 aliphatic heterocycles. The smallest absolute Gasteiger partial charge is 0.146 e. The lowest BCUT2D eigenvalue weighted by molar-refractivity contribution is 0.547. The molecule has 136 valence electrons. The Morgan fingerprint density at radius 2 is 2.00 bits per heavy atom. The van der Waals surface area contributed by atoms with Gasteiger partial charge in [-0.2, -0.15) is 0 Å². The number of nitrogens with zero attached hydrogens (tertiary/aromatic N) is 3. The molecule has 4 aromatic rings. The Hall–Kier alpha value is -3.28. The van der Waals surface area contributed by atoms with Crippen molar-refractivity contribution in [2.75, 3.05) is 11.1 Å². The van der Waals surface area contributed by atoms with Crippen LogP contribution in [-0.4, -0.2) is 14.5 Å². The van der Waals surface area contributed by atoms with Crippen LogP contribution in [0.15, 0.2) is 59.6 Å². The normalized spacial score (nSPS) is 15.1. The zero-order chi connectivity index (χ0) is 18.4. The minimum Gasteiger partial charge on any atom is -0.464 e. The van der Waals surface area contributed by atoms with Gasteiger partial charge in [0.05, 0.1) is 11.6 Å². The minimum absolute atomic E-state index is 0.155. The number of hydrogen-bond donors (Lipinski definition) is 2. The molecule has 3 aromatic heterocycles. The lowest BCUT2D eigenvalue weighted by atomic mass is 10.1. The number of nitrogen functional groups attached to an aromatic ring is 1. The molecule has 0 spiro atoms. The molecule has 1 aromatic carbocycles. The molecule has 0 atom stereocenters. The van der Waals surface area contributed by atoms with E-state index in [-0.39, 0.29) is 5.54 Å². The first kappa shape index (κ1) is 15.9. The highest BCUT2D eigenvalue weighted by molar-refractivity contribution is 5.90. The summed E-state index contributed by atoms with van der Waals surface area (Å²) in [6.45, 7) is 2.92. The summed E-state index contributed by atoms with van der Waals surface area (Å²) in [5, 5.41) is 4.43. The van der Waals surface area contributed by atoms with Gasteiger partial charge in [-0.1, -0.05) is 0 Å². The maximum atomic E-state index is 6.17. The average molecular weight is 359 g/mol. The van der Waals surface area contributed by atoms with Crippen molar-refractivity contribution >= 4 is 22.5 Å². The van der Waals surface area contributed by atoms with Gasteiger partial charge in [0.1, 0.15) is 23.6 Å². The Kier molecular flexibility index (Phi) is 3.47. The largest absolute Gasteiger partial charge is 0.464 e. The number of nitrogens with one attached hydrogen (secondary N) is 1. The van der Waals surface area contributed by atoms with Crippen molar-refractivity contribution < 1.29 is 4.42 Å². The van der Waals surface area contributed by atoms with Gasteiger partial charge in [0.15, 0.2) is 0 Å². The molecule has 0 amide bonds. The molecule has 3 N–H and O–H groups in total. The van der Waals surface area contributed by atoms with Crippen molar-refractivity contribution in [1.29, 1.82) is 0 Å². The van der Waals surface area contributed by atoms with E-state index in [0.717, 1.165) is 33.6 Å². The third kappa shape index (κ3) is 2.73. The molecule has 0 radical (unpaired) electrons. The standard InChI is InChI=1S/C21H21N5O/c1-21(8-9-21)26-12-15(18-19(22)24-13-25-20(18)26)11-23-16-6-4-14(5-7-16)17-3-2-10-27-17/h2-7,10,12-13,23H,8-9,11H2,1H3,(H2,22,24,25). The maximum absolute atomic E-state index is 6.17. The topological polar surface area (TPSA) is 81.9 Å². The van der Waals surface area contributed by atoms with E-state index >= 15 is 0 Å². The van der Waals surface area contributed by atoms with Gasteiger partial charge in [0.25, 0.3) is 0 Å². The van der Waals surface area contributed by atoms with Crippen LogP contribution in [0.2, 0.25) is 0 Å². The monoisotopic (exact) mass is 359 g/mol. The molecular weight excluding hydrogens is 338 g/mol. The van der Waals surface area contributed by atoms with Gasteiger partial charge in [-0.3, -0.25) is 0 Å². The van der Waals surface area contributed by atoms with Crippen molar-refractivity contribution in [2.24, 2.45) is 0 Å². The Labute approximate surface area is 157 Å². The van der Waals surface area contributed by atoms with Crippen molar-refractivity contribution in [1.82, 2.24) is 14.5 Å². The van der Waals surface area contributed by atoms with Crippen LogP contribution in [0.5, 0.6) is 0 Å². The summed E-state index contributed by atoms with van der Waals surface area (Å²) in [7, 11) is 0. The first-order valence-corrected chi connectivity index (χ1v) is 9.13. The Morgan fingerprint density at radius 3 is 2.70 bits per heavy atom. The Bertz CT molecular complexity index is 1090. The molecule has 5 rings (SSSR count). The fourth-order valence-electron chi connectivity index (χ4n) is 3.52. The van der Waals surface area contributed by atoms with E-state index < -0.39 is 0 Å². The van der Waals surface area contributed by atoms with Crippen LogP contribution in [0.4, 0.5) is 11.5 Å². The first-order chi connectivity index (χ1) is 13.1. The average Bonchev–Trinajstić information content (AvgIpc) is 3.11. The Balaban J connectivity index is 1.42. The van der Waals surface area contributed by atoms with E-state index in [1.165, 1.54) is 12.8 Å². The molecule has 1 saturated carbocycles. The van der Waals surface area contributed by atoms with Crippen molar-refractivity contribution in [2.45, 2.75) is 31.8 Å². The number of hydrogen-bond acceptors (Lipinski definition) is 5. The fraction of sp³-hybridized carbons (Fsp3) is 0.238. The van der Waals surface area contributed by atoms with Crippen molar-refractivity contribution in [3.05, 3.63) is 60.7 Å². The number of fused-ring (bicyclic) bond motifs is 1. The fourth-order valence-corrected chi connectivity index (χ4v) is 3.52. The van der Waals surface area contributed by atoms with Crippen LogP contribution in [-0.2, 0) is 12.1 Å². The second-order valence-corrected chi connectivity index (χ2v) is 7.39. The van der Waals surface area contributed by atoms with Crippen molar-refractivity contribution in [3.8, 4) is 11.3 Å². The second kappa shape index (κ2) is 5.87. The number of furan rings is 1. The highest BCUT2D eigenvalue weighted by Crippen LogP contribution is 2.45. The summed E-state index contributed by atoms with van der Waals surface area (Å²) >= 11 is 0. The second-order valence-electron chi connectivity index (χ2n) is 7.39. The van der Waals surface area contributed by atoms with Crippen LogP contribution in [0.3, 0.4) is 0 Å². The number of nitrogens with two attached hydrogens (primary N) is 1. The van der Waals surface area contributed by atoms with E-state index in [4.69, 9.17) is 10.2 Å². The molecule has 1 aliphatic carbocycles. The highest BCUT2D eigenvalue weighted by atomic mass is 16.3. The summed E-state index contributed by atoms with van der Waals surface area (Å²) in [6, 6.07) is 12.1. The quantitative estimate of drug-likeness (QED) is 0.552.